The number of alkyl halides is 3. The average Bonchev–Trinajstić information content (AvgIpc) is 2.23. The zero-order chi connectivity index (χ0) is 14.1. The molecule has 0 aliphatic heterocycles. The molecule has 0 saturated heterocycles. The lowest BCUT2D eigenvalue weighted by atomic mass is 10.0. The third kappa shape index (κ3) is 3.36. The van der Waals surface area contributed by atoms with E-state index in [4.69, 9.17) is 5.73 Å². The summed E-state index contributed by atoms with van der Waals surface area (Å²) in [6.07, 6.45) is -7.56. The van der Waals surface area contributed by atoms with Crippen molar-refractivity contribution >= 4 is 0 Å². The van der Waals surface area contributed by atoms with Crippen molar-refractivity contribution in [3.8, 4) is 0 Å². The van der Waals surface area contributed by atoms with E-state index in [1.807, 2.05) is 0 Å². The van der Waals surface area contributed by atoms with Crippen LogP contribution in [0.3, 0.4) is 0 Å². The van der Waals surface area contributed by atoms with Crippen LogP contribution in [-0.2, 0) is 0 Å². The number of halogens is 6. The predicted octanol–water partition coefficient (Wildman–Crippen LogP) is 2.42. The largest absolute Gasteiger partial charge is 0.403 e. The summed E-state index contributed by atoms with van der Waals surface area (Å²) in [4.78, 5) is 0. The summed E-state index contributed by atoms with van der Waals surface area (Å²) in [6, 6.07) is -1.50. The molecule has 0 aliphatic carbocycles. The second kappa shape index (κ2) is 5.15. The molecule has 1 rings (SSSR count). The van der Waals surface area contributed by atoms with Crippen LogP contribution in [0.1, 0.15) is 18.1 Å². The van der Waals surface area contributed by atoms with E-state index in [9.17, 15) is 31.4 Å². The summed E-state index contributed by atoms with van der Waals surface area (Å²) in [5.74, 6) is -4.94. The first-order chi connectivity index (χ1) is 8.12. The van der Waals surface area contributed by atoms with E-state index in [1.54, 1.807) is 0 Å². The van der Waals surface area contributed by atoms with Gasteiger partial charge in [0.25, 0.3) is 0 Å². The van der Waals surface area contributed by atoms with Gasteiger partial charge in [-0.3, -0.25) is 0 Å². The molecule has 0 saturated carbocycles. The monoisotopic (exact) mass is 273 g/mol. The van der Waals surface area contributed by atoms with E-state index >= 15 is 0 Å². The second-order valence-corrected chi connectivity index (χ2v) is 3.70. The molecule has 0 spiro atoms. The highest BCUT2D eigenvalue weighted by Crippen LogP contribution is 2.28. The van der Waals surface area contributed by atoms with E-state index in [0.717, 1.165) is 0 Å². The summed E-state index contributed by atoms with van der Waals surface area (Å²) in [6.45, 7) is 0. The lowest BCUT2D eigenvalue weighted by Crippen LogP contribution is -2.38. The molecule has 0 unspecified atom stereocenters. The van der Waals surface area contributed by atoms with Crippen LogP contribution < -0.4 is 5.73 Å². The number of hydrogen-bond acceptors (Lipinski definition) is 2. The van der Waals surface area contributed by atoms with Crippen molar-refractivity contribution < 1.29 is 31.4 Å². The lowest BCUT2D eigenvalue weighted by Gasteiger charge is -2.19. The molecule has 0 heterocycles. The highest BCUT2D eigenvalue weighted by Gasteiger charge is 2.38. The Morgan fingerprint density at radius 2 is 1.56 bits per heavy atom. The summed E-state index contributed by atoms with van der Waals surface area (Å²) in [5.41, 5.74) is 4.24. The van der Waals surface area contributed by atoms with Crippen molar-refractivity contribution in [2.24, 2.45) is 5.73 Å². The molecule has 1 aromatic carbocycles. The van der Waals surface area contributed by atoms with Gasteiger partial charge >= 0.3 is 6.18 Å². The van der Waals surface area contributed by atoms with Crippen molar-refractivity contribution in [1.82, 2.24) is 0 Å². The van der Waals surface area contributed by atoms with Gasteiger partial charge in [0.15, 0.2) is 17.5 Å². The Bertz CT molecular complexity index is 410. The van der Waals surface area contributed by atoms with Crippen molar-refractivity contribution in [3.63, 3.8) is 0 Å². The van der Waals surface area contributed by atoms with E-state index in [0.29, 0.717) is 12.1 Å². The summed E-state index contributed by atoms with van der Waals surface area (Å²) in [5, 5.41) is 9.36. The molecule has 102 valence electrons. The number of aliphatic hydroxyl groups is 1. The lowest BCUT2D eigenvalue weighted by molar-refractivity contribution is -0.153. The summed E-state index contributed by atoms with van der Waals surface area (Å²) >= 11 is 0. The molecule has 2 atom stereocenters. The Kier molecular flexibility index (Phi) is 4.23. The Hall–Kier alpha value is -1.28. The number of nitrogens with two attached hydrogens (primary N) is 1. The Labute approximate surface area is 98.0 Å². The minimum absolute atomic E-state index is 0.423. The maximum absolute atomic E-state index is 12.8. The quantitative estimate of drug-likeness (QED) is 0.656. The molecule has 18 heavy (non-hydrogen) atoms. The van der Waals surface area contributed by atoms with Gasteiger partial charge in [-0.15, -0.1) is 0 Å². The van der Waals surface area contributed by atoms with Crippen LogP contribution in [0.15, 0.2) is 12.1 Å². The van der Waals surface area contributed by atoms with Crippen LogP contribution >= 0.6 is 0 Å². The first kappa shape index (κ1) is 14.8. The molecule has 1 aromatic rings. The van der Waals surface area contributed by atoms with E-state index in [-0.39, 0.29) is 0 Å². The number of hydrogen-bond donors (Lipinski definition) is 2. The van der Waals surface area contributed by atoms with Crippen molar-refractivity contribution in [1.29, 1.82) is 0 Å². The maximum atomic E-state index is 12.8. The molecule has 2 nitrogen and oxygen atoms in total. The highest BCUT2D eigenvalue weighted by molar-refractivity contribution is 5.21. The van der Waals surface area contributed by atoms with Gasteiger partial charge in [0.1, 0.15) is 6.04 Å². The minimum atomic E-state index is -4.74. The molecule has 8 heteroatoms. The number of benzene rings is 1. The fourth-order valence-electron chi connectivity index (χ4n) is 1.28. The molecule has 3 N–H and O–H groups in total. The van der Waals surface area contributed by atoms with Gasteiger partial charge in [0.05, 0.1) is 6.10 Å². The minimum Gasteiger partial charge on any atom is -0.388 e. The molecular formula is C10H9F6NO. The van der Waals surface area contributed by atoms with Gasteiger partial charge < -0.3 is 10.8 Å². The normalized spacial score (nSPS) is 15.6. The smallest absolute Gasteiger partial charge is 0.388 e. The van der Waals surface area contributed by atoms with E-state index in [1.165, 1.54) is 0 Å². The fraction of sp³-hybridized carbons (Fsp3) is 0.400. The maximum Gasteiger partial charge on any atom is 0.403 e. The zero-order valence-corrected chi connectivity index (χ0v) is 8.81. The van der Waals surface area contributed by atoms with Crippen LogP contribution in [0.5, 0.6) is 0 Å². The van der Waals surface area contributed by atoms with Crippen LogP contribution in [0.25, 0.3) is 0 Å². The first-order valence-electron chi connectivity index (χ1n) is 4.77. The van der Waals surface area contributed by atoms with Gasteiger partial charge in [-0.1, -0.05) is 0 Å². The van der Waals surface area contributed by atoms with Gasteiger partial charge in [0, 0.05) is 6.42 Å². The average molecular weight is 273 g/mol. The second-order valence-electron chi connectivity index (χ2n) is 3.70. The standard InChI is InChI=1S/C10H9F6NO/c11-5-1-4(2-6(12)9(5)13)7(18)3-8(17)10(14,15)16/h1-2,7-8,18H,3,17H2/t7-,8+/m0/s1. The van der Waals surface area contributed by atoms with Crippen molar-refractivity contribution in [2.45, 2.75) is 24.7 Å². The van der Waals surface area contributed by atoms with Crippen LogP contribution in [0, 0.1) is 17.5 Å². The van der Waals surface area contributed by atoms with Crippen LogP contribution in [0.2, 0.25) is 0 Å². The number of rotatable bonds is 3. The molecule has 0 aliphatic rings. The molecule has 0 bridgehead atoms. The highest BCUT2D eigenvalue weighted by atomic mass is 19.4. The first-order valence-corrected chi connectivity index (χ1v) is 4.77. The Morgan fingerprint density at radius 1 is 1.11 bits per heavy atom. The Balaban J connectivity index is 2.88. The topological polar surface area (TPSA) is 46.2 Å². The van der Waals surface area contributed by atoms with E-state index < -0.39 is 47.8 Å². The summed E-state index contributed by atoms with van der Waals surface area (Å²) in [7, 11) is 0. The summed E-state index contributed by atoms with van der Waals surface area (Å²) < 4.78 is 74.5. The van der Waals surface area contributed by atoms with Gasteiger partial charge in [0.2, 0.25) is 0 Å². The zero-order valence-electron chi connectivity index (χ0n) is 8.81. The van der Waals surface area contributed by atoms with Crippen molar-refractivity contribution in [3.05, 3.63) is 35.1 Å². The molecule has 0 radical (unpaired) electrons. The van der Waals surface area contributed by atoms with Crippen LogP contribution in [-0.4, -0.2) is 17.3 Å². The third-order valence-electron chi connectivity index (χ3n) is 2.29. The molecular weight excluding hydrogens is 264 g/mol. The molecule has 0 aromatic heterocycles. The molecule has 0 fully saturated rings. The van der Waals surface area contributed by atoms with Gasteiger partial charge in [-0.2, -0.15) is 13.2 Å². The predicted molar refractivity (Wildman–Crippen MR) is 49.9 cm³/mol. The van der Waals surface area contributed by atoms with Crippen molar-refractivity contribution in [2.75, 3.05) is 0 Å². The Morgan fingerprint density at radius 3 is 1.94 bits per heavy atom. The van der Waals surface area contributed by atoms with Gasteiger partial charge in [-0.05, 0) is 17.7 Å². The number of aliphatic hydroxyl groups excluding tert-OH is 1. The third-order valence-corrected chi connectivity index (χ3v) is 2.29. The van der Waals surface area contributed by atoms with E-state index in [2.05, 4.69) is 0 Å². The molecule has 0 amide bonds. The fourth-order valence-corrected chi connectivity index (χ4v) is 1.28. The van der Waals surface area contributed by atoms with Gasteiger partial charge in [-0.25, -0.2) is 13.2 Å². The van der Waals surface area contributed by atoms with Crippen LogP contribution in [0.4, 0.5) is 26.3 Å². The SMILES string of the molecule is N[C@H](C[C@H](O)c1cc(F)c(F)c(F)c1)C(F)(F)F.